The van der Waals surface area contributed by atoms with Gasteiger partial charge in [-0.3, -0.25) is 0 Å². The van der Waals surface area contributed by atoms with Crippen molar-refractivity contribution >= 4 is 0 Å². The molecule has 0 heterocycles. The van der Waals surface area contributed by atoms with Crippen molar-refractivity contribution in [1.29, 1.82) is 0 Å². The molecule has 12 heteroatoms. The zero-order chi connectivity index (χ0) is 31.5. The Bertz CT molecular complexity index is 1480. The lowest BCUT2D eigenvalue weighted by Crippen LogP contribution is -2.32. The van der Waals surface area contributed by atoms with Crippen LogP contribution in [0.2, 0.25) is 0 Å². The van der Waals surface area contributed by atoms with Gasteiger partial charge in [0.05, 0.1) is 0 Å². The summed E-state index contributed by atoms with van der Waals surface area (Å²) in [5.74, 6) is -3.46. The molecule has 0 bridgehead atoms. The van der Waals surface area contributed by atoms with Crippen molar-refractivity contribution in [3.8, 4) is 0 Å². The molecule has 0 saturated heterocycles. The van der Waals surface area contributed by atoms with Crippen LogP contribution < -0.4 is 63.0 Å². The number of nitrogens with one attached hydrogen (secondary N) is 2. The quantitative estimate of drug-likeness (QED) is 0.235. The third kappa shape index (κ3) is 10.2. The molecule has 4 rings (SSSR count). The fraction of sp³-hybridized carbons (Fsp3) is 0.368. The Kier molecular flexibility index (Phi) is 26.1. The van der Waals surface area contributed by atoms with E-state index in [0.29, 0.717) is 11.4 Å². The summed E-state index contributed by atoms with van der Waals surface area (Å²) in [5.41, 5.74) is 11.6. The third-order valence-corrected chi connectivity index (χ3v) is 6.89. The normalized spacial score (nSPS) is 16.3. The summed E-state index contributed by atoms with van der Waals surface area (Å²) < 4.78 is 0. The molecule has 0 amide bonds. The fourth-order valence-electron chi connectivity index (χ4n) is 4.21. The van der Waals surface area contributed by atoms with Crippen LogP contribution in [-0.2, 0) is 0 Å². The van der Waals surface area contributed by atoms with E-state index in [9.17, 15) is 40.9 Å². The molecule has 0 fully saturated rings. The first-order chi connectivity index (χ1) is 19.8. The zero-order valence-corrected chi connectivity index (χ0v) is 23.3. The Morgan fingerprint density at radius 3 is 0.840 bits per heavy atom. The Labute approximate surface area is 301 Å². The smallest absolute Gasteiger partial charge is 0.00780 e. The monoisotopic (exact) mass is 700 g/mol. The zero-order valence-electron chi connectivity index (χ0n) is 23.3. The van der Waals surface area contributed by atoms with Gasteiger partial charge in [-0.1, -0.05) is 128 Å². The van der Waals surface area contributed by atoms with E-state index in [1.165, 1.54) is 24.3 Å². The van der Waals surface area contributed by atoms with Gasteiger partial charge in [-0.05, 0) is 85.7 Å². The van der Waals surface area contributed by atoms with E-state index in [1.54, 1.807) is 27.9 Å². The lowest BCUT2D eigenvalue weighted by atomic mass is 9.82. The summed E-state index contributed by atoms with van der Waals surface area (Å²) in [6.45, 7) is 3.47. The number of hydrogen-bond donors (Lipinski definition) is 4. The standard InChI is InChI=1S/C17H22N2O4.C13H14N2O4.8CH4/c1-8(18-3)5-10-14(20)12(15(10)21)7-13-16(22)11(17(13)23)6-9(2)19-4;14-3-1-6-10(16)8(11(6)17)5-9-12(18)7(2-4-15)13(9)19;;;;;;;;/h5-6,18-23H,7H2,1-4H3;1-4,16-19H,5,14-15H2;8*1H4/p-8/b8-5-,9-6-;3-1+,4-2+;;;;;;;;. The van der Waals surface area contributed by atoms with Crippen LogP contribution >= 0.6 is 0 Å². The maximum atomic E-state index is 12.0. The van der Waals surface area contributed by atoms with Crippen LogP contribution in [0.3, 0.4) is 0 Å². The van der Waals surface area contributed by atoms with E-state index >= 15 is 0 Å². The topological polar surface area (TPSA) is 261 Å². The lowest BCUT2D eigenvalue weighted by Gasteiger charge is -2.44. The first kappa shape index (κ1) is 56.8. The van der Waals surface area contributed by atoms with Gasteiger partial charge in [-0.2, -0.15) is 0 Å². The summed E-state index contributed by atoms with van der Waals surface area (Å²) in [5, 5.41) is 99.9. The van der Waals surface area contributed by atoms with Gasteiger partial charge in [-0.15, -0.1) is 0 Å². The highest BCUT2D eigenvalue weighted by atomic mass is 16.3. The van der Waals surface area contributed by atoms with Crippen molar-refractivity contribution in [1.82, 2.24) is 10.6 Å². The minimum absolute atomic E-state index is 0. The van der Waals surface area contributed by atoms with Gasteiger partial charge in [0.25, 0.3) is 0 Å². The molecule has 0 aromatic heterocycles. The number of hydrogen-bond acceptors (Lipinski definition) is 12. The SMILES string of the molecule is C.C.C.C.C.C.C.C.CN/C(C)=C\C1=C([O-])C(CC2=C([O-])C(/C=C(/C)NC)=C2[O-])=C1[O-].N/C=C/C1=C([O-])C(CC2=C([O-])C(/C=C/N)=C2[O-])=C1[O-]. The molecule has 0 aliphatic heterocycles. The van der Waals surface area contributed by atoms with Gasteiger partial charge in [0.1, 0.15) is 0 Å². The molecule has 0 spiro atoms. The average Bonchev–Trinajstić information content (AvgIpc) is 2.99. The van der Waals surface area contributed by atoms with Crippen molar-refractivity contribution in [3.63, 3.8) is 0 Å². The molecular weight excluding hydrogens is 640 g/mol. The number of rotatable bonds is 10. The van der Waals surface area contributed by atoms with Gasteiger partial charge < -0.3 is 63.0 Å². The van der Waals surface area contributed by atoms with Crippen LogP contribution in [0.25, 0.3) is 0 Å². The van der Waals surface area contributed by atoms with Crippen LogP contribution in [0.5, 0.6) is 0 Å². The Hall–Kier alpha value is -5.52. The van der Waals surface area contributed by atoms with Crippen LogP contribution in [0.15, 0.2) is 139 Å². The highest BCUT2D eigenvalue weighted by molar-refractivity contribution is 5.65. The second kappa shape index (κ2) is 22.9. The van der Waals surface area contributed by atoms with Crippen LogP contribution in [-0.4, -0.2) is 14.1 Å². The van der Waals surface area contributed by atoms with Crippen molar-refractivity contribution < 1.29 is 40.9 Å². The van der Waals surface area contributed by atoms with E-state index < -0.39 is 46.1 Å². The maximum absolute atomic E-state index is 12.0. The molecule has 4 aliphatic rings. The van der Waals surface area contributed by atoms with E-state index in [0.717, 1.165) is 12.4 Å². The van der Waals surface area contributed by atoms with E-state index in [1.807, 2.05) is 0 Å². The van der Waals surface area contributed by atoms with Gasteiger partial charge in [-0.25, -0.2) is 0 Å². The van der Waals surface area contributed by atoms with Crippen LogP contribution in [0.1, 0.15) is 86.1 Å². The Morgan fingerprint density at radius 1 is 0.440 bits per heavy atom. The summed E-state index contributed by atoms with van der Waals surface area (Å²) in [6, 6.07) is 0. The first-order valence-corrected chi connectivity index (χ1v) is 12.6. The van der Waals surface area contributed by atoms with Crippen LogP contribution in [0, 0.1) is 0 Å². The molecule has 0 aromatic carbocycles. The van der Waals surface area contributed by atoms with E-state index in [-0.39, 0.29) is 117 Å². The van der Waals surface area contributed by atoms with Gasteiger partial charge in [0.15, 0.2) is 0 Å². The molecule has 0 radical (unpaired) electrons. The predicted octanol–water partition coefficient (Wildman–Crippen LogP) is 0.00260. The minimum Gasteiger partial charge on any atom is -0.872 e. The van der Waals surface area contributed by atoms with Crippen LogP contribution in [0.4, 0.5) is 0 Å². The van der Waals surface area contributed by atoms with Gasteiger partial charge >= 0.3 is 0 Å². The fourth-order valence-corrected chi connectivity index (χ4v) is 4.21. The second-order valence-electron chi connectivity index (χ2n) is 9.43. The Morgan fingerprint density at radius 2 is 0.660 bits per heavy atom. The summed E-state index contributed by atoms with van der Waals surface area (Å²) >= 11 is 0. The molecule has 288 valence electrons. The highest BCUT2D eigenvalue weighted by Gasteiger charge is 2.21. The number of allylic oxidation sites excluding steroid dienone is 10. The molecule has 4 aliphatic carbocycles. The summed E-state index contributed by atoms with van der Waals surface area (Å²) in [4.78, 5) is 0. The largest absolute Gasteiger partial charge is 0.872 e. The molecule has 0 aromatic rings. The minimum atomic E-state index is -0.470. The second-order valence-corrected chi connectivity index (χ2v) is 9.43. The molecule has 6 N–H and O–H groups in total. The Balaban J connectivity index is -0.000000169. The van der Waals surface area contributed by atoms with Crippen molar-refractivity contribution in [2.45, 2.75) is 86.1 Å². The van der Waals surface area contributed by atoms with Crippen molar-refractivity contribution in [3.05, 3.63) is 139 Å². The molecule has 0 unspecified atom stereocenters. The van der Waals surface area contributed by atoms with E-state index in [4.69, 9.17) is 11.5 Å². The average molecular weight is 701 g/mol. The maximum Gasteiger partial charge on any atom is 0.00780 e. The third-order valence-electron chi connectivity index (χ3n) is 6.89. The first-order valence-electron chi connectivity index (χ1n) is 12.6. The molecule has 0 atom stereocenters. The predicted molar refractivity (Wildman–Crippen MR) is 192 cm³/mol. The molecule has 0 saturated carbocycles. The van der Waals surface area contributed by atoms with Gasteiger partial charge in [0.2, 0.25) is 0 Å². The molecule has 50 heavy (non-hydrogen) atoms. The van der Waals surface area contributed by atoms with Crippen molar-refractivity contribution in [2.75, 3.05) is 14.1 Å². The summed E-state index contributed by atoms with van der Waals surface area (Å²) in [6.07, 6.45) is 7.13. The summed E-state index contributed by atoms with van der Waals surface area (Å²) in [7, 11) is 3.37. The van der Waals surface area contributed by atoms with Crippen molar-refractivity contribution in [2.24, 2.45) is 11.5 Å². The van der Waals surface area contributed by atoms with Gasteiger partial charge in [0, 0.05) is 25.5 Å². The highest BCUT2D eigenvalue weighted by Crippen LogP contribution is 2.41. The molecule has 12 nitrogen and oxygen atoms in total. The number of nitrogens with two attached hydrogens (primary N) is 2. The molecular formula is C38H60N4O8-8. The van der Waals surface area contributed by atoms with E-state index in [2.05, 4.69) is 10.6 Å². The lowest BCUT2D eigenvalue weighted by molar-refractivity contribution is -0.336.